The first-order valence-corrected chi connectivity index (χ1v) is 5.96. The molecule has 0 aliphatic heterocycles. The number of amides is 1. The van der Waals surface area contributed by atoms with Crippen molar-refractivity contribution in [2.24, 2.45) is 0 Å². The lowest BCUT2D eigenvalue weighted by Gasteiger charge is -2.06. The van der Waals surface area contributed by atoms with Gasteiger partial charge in [0, 0.05) is 18.5 Å². The Hall–Kier alpha value is -2.25. The summed E-state index contributed by atoms with van der Waals surface area (Å²) in [4.78, 5) is 29.6. The largest absolute Gasteiger partial charge is 0.311 e. The fourth-order valence-corrected chi connectivity index (χ4v) is 1.75. The second-order valence-electron chi connectivity index (χ2n) is 3.57. The molecule has 0 fully saturated rings. The number of aromatic nitrogens is 2. The zero-order valence-electron chi connectivity index (χ0n) is 9.71. The monoisotopic (exact) mass is 312 g/mol. The van der Waals surface area contributed by atoms with Crippen LogP contribution in [0.5, 0.6) is 0 Å². The highest BCUT2D eigenvalue weighted by atomic mass is 35.5. The van der Waals surface area contributed by atoms with Gasteiger partial charge in [0.05, 0.1) is 15.5 Å². The third-order valence-corrected chi connectivity index (χ3v) is 2.80. The van der Waals surface area contributed by atoms with Gasteiger partial charge in [-0.15, -0.1) is 0 Å². The predicted molar refractivity (Wildman–Crippen MR) is 73.1 cm³/mol. The molecule has 1 amide bonds. The van der Waals surface area contributed by atoms with E-state index in [9.17, 15) is 14.9 Å². The summed E-state index contributed by atoms with van der Waals surface area (Å²) in [5.41, 5.74) is -0.245. The molecule has 0 atom stereocenters. The molecule has 102 valence electrons. The zero-order valence-corrected chi connectivity index (χ0v) is 11.2. The number of hydrogen-bond acceptors (Lipinski definition) is 5. The van der Waals surface area contributed by atoms with E-state index < -0.39 is 10.8 Å². The number of nitro groups is 1. The van der Waals surface area contributed by atoms with E-state index in [0.29, 0.717) is 0 Å². The number of carbonyl (C=O) groups excluding carboxylic acids is 1. The van der Waals surface area contributed by atoms with Gasteiger partial charge in [-0.25, -0.2) is 4.98 Å². The fourth-order valence-electron chi connectivity index (χ4n) is 1.40. The van der Waals surface area contributed by atoms with E-state index in [-0.39, 0.29) is 27.2 Å². The molecular weight excluding hydrogens is 307 g/mol. The minimum Gasteiger partial charge on any atom is -0.301 e. The molecule has 2 aromatic rings. The van der Waals surface area contributed by atoms with Crippen molar-refractivity contribution in [3.05, 3.63) is 56.4 Å². The average molecular weight is 313 g/mol. The molecule has 7 nitrogen and oxygen atoms in total. The van der Waals surface area contributed by atoms with Gasteiger partial charge in [-0.05, 0) is 12.1 Å². The highest BCUT2D eigenvalue weighted by Crippen LogP contribution is 2.25. The Morgan fingerprint density at radius 1 is 1.30 bits per heavy atom. The van der Waals surface area contributed by atoms with E-state index in [1.165, 1.54) is 24.5 Å². The van der Waals surface area contributed by atoms with Crippen LogP contribution in [0.1, 0.15) is 10.4 Å². The van der Waals surface area contributed by atoms with Gasteiger partial charge >= 0.3 is 5.69 Å². The Balaban J connectivity index is 2.35. The summed E-state index contributed by atoms with van der Waals surface area (Å²) in [7, 11) is 0. The molecule has 0 bridgehead atoms. The van der Waals surface area contributed by atoms with Gasteiger partial charge < -0.3 is 5.32 Å². The molecule has 1 N–H and O–H groups in total. The summed E-state index contributed by atoms with van der Waals surface area (Å²) in [6, 6.07) is 3.79. The van der Waals surface area contributed by atoms with Crippen LogP contribution in [-0.2, 0) is 0 Å². The molecule has 2 rings (SSSR count). The van der Waals surface area contributed by atoms with Gasteiger partial charge in [-0.1, -0.05) is 23.2 Å². The summed E-state index contributed by atoms with van der Waals surface area (Å²) in [6.45, 7) is 0. The van der Waals surface area contributed by atoms with Gasteiger partial charge in [-0.2, -0.15) is 0 Å². The van der Waals surface area contributed by atoms with Gasteiger partial charge in [0.25, 0.3) is 5.91 Å². The van der Waals surface area contributed by atoms with Crippen LogP contribution in [0.25, 0.3) is 0 Å². The summed E-state index contributed by atoms with van der Waals surface area (Å²) in [5, 5.41) is 13.3. The first kappa shape index (κ1) is 14.2. The zero-order chi connectivity index (χ0) is 14.7. The molecule has 20 heavy (non-hydrogen) atoms. The van der Waals surface area contributed by atoms with E-state index in [4.69, 9.17) is 23.2 Å². The Labute approximate surface area is 122 Å². The normalized spacial score (nSPS) is 10.1. The van der Waals surface area contributed by atoms with Crippen molar-refractivity contribution in [3.63, 3.8) is 0 Å². The van der Waals surface area contributed by atoms with Crippen LogP contribution in [0, 0.1) is 10.1 Å². The smallest absolute Gasteiger partial charge is 0.301 e. The molecule has 2 heterocycles. The van der Waals surface area contributed by atoms with E-state index in [1.54, 1.807) is 0 Å². The number of carbonyl (C=O) groups is 1. The van der Waals surface area contributed by atoms with E-state index in [0.717, 1.165) is 6.07 Å². The van der Waals surface area contributed by atoms with Crippen molar-refractivity contribution in [2.75, 3.05) is 5.32 Å². The highest BCUT2D eigenvalue weighted by Gasteiger charge is 2.19. The summed E-state index contributed by atoms with van der Waals surface area (Å²) < 4.78 is 0. The molecule has 0 saturated heterocycles. The Morgan fingerprint density at radius 2 is 2.05 bits per heavy atom. The number of halogens is 2. The van der Waals surface area contributed by atoms with Crippen LogP contribution in [0.15, 0.2) is 30.6 Å². The second-order valence-corrected chi connectivity index (χ2v) is 4.36. The first-order valence-electron chi connectivity index (χ1n) is 5.21. The van der Waals surface area contributed by atoms with E-state index >= 15 is 0 Å². The molecular formula is C11H6Cl2N4O3. The molecule has 2 aromatic heterocycles. The lowest BCUT2D eigenvalue weighted by atomic mass is 10.2. The lowest BCUT2D eigenvalue weighted by molar-refractivity contribution is -0.384. The van der Waals surface area contributed by atoms with Gasteiger partial charge in [0.15, 0.2) is 0 Å². The minimum atomic E-state index is -0.674. The molecule has 9 heteroatoms. The SMILES string of the molecule is O=C(Nc1nc(Cl)ccc1[N+](=O)[O-])c1ccncc1Cl. The molecule has 0 unspecified atom stereocenters. The van der Waals surface area contributed by atoms with Crippen LogP contribution >= 0.6 is 23.2 Å². The number of hydrogen-bond donors (Lipinski definition) is 1. The first-order chi connectivity index (χ1) is 9.49. The van der Waals surface area contributed by atoms with Crippen LogP contribution < -0.4 is 5.32 Å². The van der Waals surface area contributed by atoms with Gasteiger partial charge in [0.2, 0.25) is 5.82 Å². The number of rotatable bonds is 3. The number of nitrogens with zero attached hydrogens (tertiary/aromatic N) is 3. The maximum absolute atomic E-state index is 12.0. The predicted octanol–water partition coefficient (Wildman–Crippen LogP) is 2.94. The summed E-state index contributed by atoms with van der Waals surface area (Å²) in [5.74, 6) is -0.893. The number of pyridine rings is 2. The Bertz CT molecular complexity index is 693. The minimum absolute atomic E-state index is 0.0201. The maximum Gasteiger partial charge on any atom is 0.311 e. The van der Waals surface area contributed by atoms with Crippen molar-refractivity contribution in [3.8, 4) is 0 Å². The van der Waals surface area contributed by atoms with Gasteiger partial charge in [-0.3, -0.25) is 19.9 Å². The van der Waals surface area contributed by atoms with Crippen LogP contribution in [-0.4, -0.2) is 20.8 Å². The molecule has 0 aromatic carbocycles. The van der Waals surface area contributed by atoms with Crippen molar-refractivity contribution in [2.45, 2.75) is 0 Å². The molecule has 0 aliphatic carbocycles. The second kappa shape index (κ2) is 5.81. The maximum atomic E-state index is 12.0. The number of anilines is 1. The number of nitrogens with one attached hydrogen (secondary N) is 1. The molecule has 0 saturated carbocycles. The lowest BCUT2D eigenvalue weighted by Crippen LogP contribution is -2.15. The standard InChI is InChI=1S/C11H6Cl2N4O3/c12-7-5-14-4-3-6(7)11(18)16-10-8(17(19)20)1-2-9(13)15-10/h1-5H,(H,15,16,18). The van der Waals surface area contributed by atoms with Crippen LogP contribution in [0.2, 0.25) is 10.2 Å². The van der Waals surface area contributed by atoms with E-state index in [2.05, 4.69) is 15.3 Å². The van der Waals surface area contributed by atoms with E-state index in [1.807, 2.05) is 0 Å². The summed E-state index contributed by atoms with van der Waals surface area (Å²) in [6.07, 6.45) is 2.66. The third-order valence-electron chi connectivity index (χ3n) is 2.29. The van der Waals surface area contributed by atoms with Crippen molar-refractivity contribution in [1.29, 1.82) is 0 Å². The Morgan fingerprint density at radius 3 is 2.70 bits per heavy atom. The fraction of sp³-hybridized carbons (Fsp3) is 0. The van der Waals surface area contributed by atoms with Crippen molar-refractivity contribution in [1.82, 2.24) is 9.97 Å². The van der Waals surface area contributed by atoms with Crippen molar-refractivity contribution < 1.29 is 9.72 Å². The Kier molecular flexibility index (Phi) is 4.11. The molecule has 0 radical (unpaired) electrons. The highest BCUT2D eigenvalue weighted by molar-refractivity contribution is 6.34. The van der Waals surface area contributed by atoms with Gasteiger partial charge in [0.1, 0.15) is 5.15 Å². The third kappa shape index (κ3) is 3.01. The topological polar surface area (TPSA) is 98.0 Å². The van der Waals surface area contributed by atoms with Crippen molar-refractivity contribution >= 4 is 40.6 Å². The quantitative estimate of drug-likeness (QED) is 0.533. The van der Waals surface area contributed by atoms with Crippen LogP contribution in [0.4, 0.5) is 11.5 Å². The van der Waals surface area contributed by atoms with Crippen LogP contribution in [0.3, 0.4) is 0 Å². The molecule has 0 spiro atoms. The summed E-state index contributed by atoms with van der Waals surface area (Å²) >= 11 is 11.5. The average Bonchev–Trinajstić information content (AvgIpc) is 2.38. The molecule has 0 aliphatic rings.